The van der Waals surface area contributed by atoms with Crippen molar-refractivity contribution in [2.45, 2.75) is 5.92 Å². The second-order valence-electron chi connectivity index (χ2n) is 4.17. The number of carbonyl (C=O) groups is 2. The molecule has 1 N–H and O–H groups in total. The van der Waals surface area contributed by atoms with Crippen LogP contribution >= 0.6 is 0 Å². The van der Waals surface area contributed by atoms with Crippen molar-refractivity contribution in [1.29, 1.82) is 0 Å². The highest BCUT2D eigenvalue weighted by Crippen LogP contribution is 2.24. The first-order chi connectivity index (χ1) is 9.33. The fourth-order valence-corrected chi connectivity index (χ4v) is 2.03. The van der Waals surface area contributed by atoms with Crippen LogP contribution in [0.4, 0.5) is 0 Å². The van der Waals surface area contributed by atoms with E-state index in [4.69, 9.17) is 0 Å². The Kier molecular flexibility index (Phi) is 4.45. The summed E-state index contributed by atoms with van der Waals surface area (Å²) in [5, 5.41) is 2.62. The quantitative estimate of drug-likeness (QED) is 0.830. The fraction of sp³-hybridized carbons (Fsp3) is 0.125. The average Bonchev–Trinajstić information content (AvgIpc) is 2.47. The van der Waals surface area contributed by atoms with Crippen molar-refractivity contribution in [2.75, 3.05) is 6.54 Å². The summed E-state index contributed by atoms with van der Waals surface area (Å²) in [4.78, 5) is 22.6. The lowest BCUT2D eigenvalue weighted by atomic mass is 9.90. The molecule has 2 aromatic rings. The molecule has 96 valence electrons. The minimum atomic E-state index is -0.387. The first kappa shape index (κ1) is 13.0. The highest BCUT2D eigenvalue weighted by atomic mass is 16.2. The smallest absolute Gasteiger partial charge is 0.232 e. The fourth-order valence-electron chi connectivity index (χ4n) is 2.03. The van der Waals surface area contributed by atoms with Gasteiger partial charge in [-0.1, -0.05) is 60.7 Å². The monoisotopic (exact) mass is 253 g/mol. The molecule has 0 radical (unpaired) electrons. The van der Waals surface area contributed by atoms with Gasteiger partial charge in [-0.05, 0) is 11.1 Å². The van der Waals surface area contributed by atoms with Gasteiger partial charge in [-0.2, -0.15) is 0 Å². The van der Waals surface area contributed by atoms with Crippen molar-refractivity contribution in [1.82, 2.24) is 5.32 Å². The number of carbonyl (C=O) groups excluding carboxylic acids is 2. The van der Waals surface area contributed by atoms with Gasteiger partial charge in [0.15, 0.2) is 0 Å². The largest absolute Gasteiger partial charge is 0.348 e. The molecule has 0 unspecified atom stereocenters. The van der Waals surface area contributed by atoms with Gasteiger partial charge in [-0.15, -0.1) is 0 Å². The van der Waals surface area contributed by atoms with E-state index in [9.17, 15) is 9.59 Å². The maximum atomic E-state index is 12.2. The van der Waals surface area contributed by atoms with Crippen molar-refractivity contribution in [3.63, 3.8) is 0 Å². The van der Waals surface area contributed by atoms with Crippen LogP contribution in [-0.4, -0.2) is 18.7 Å². The number of hydrogen-bond donors (Lipinski definition) is 1. The van der Waals surface area contributed by atoms with Gasteiger partial charge in [0.25, 0.3) is 0 Å². The van der Waals surface area contributed by atoms with E-state index in [1.165, 1.54) is 0 Å². The second-order valence-corrected chi connectivity index (χ2v) is 4.17. The zero-order chi connectivity index (χ0) is 13.5. The molecule has 0 saturated heterocycles. The van der Waals surface area contributed by atoms with Crippen LogP contribution in [0.15, 0.2) is 60.7 Å². The Labute approximate surface area is 112 Å². The summed E-state index contributed by atoms with van der Waals surface area (Å²) >= 11 is 0. The van der Waals surface area contributed by atoms with Gasteiger partial charge in [-0.25, -0.2) is 0 Å². The first-order valence-electron chi connectivity index (χ1n) is 6.14. The summed E-state index contributed by atoms with van der Waals surface area (Å²) in [5.74, 6) is -0.549. The van der Waals surface area contributed by atoms with E-state index >= 15 is 0 Å². The standard InChI is InChI=1S/C16H15NO2/c18-12-11-17-16(19)15(13-7-3-1-4-8-13)14-9-5-2-6-10-14/h1-10,12,15H,11H2,(H,17,19). The van der Waals surface area contributed by atoms with E-state index in [2.05, 4.69) is 5.32 Å². The van der Waals surface area contributed by atoms with Crippen LogP contribution in [0, 0.1) is 0 Å². The Morgan fingerprint density at radius 2 is 1.42 bits per heavy atom. The molecule has 0 saturated carbocycles. The van der Waals surface area contributed by atoms with E-state index in [1.54, 1.807) is 0 Å². The molecule has 2 rings (SSSR count). The lowest BCUT2D eigenvalue weighted by molar-refractivity contribution is -0.123. The number of nitrogens with one attached hydrogen (secondary N) is 1. The lowest BCUT2D eigenvalue weighted by Crippen LogP contribution is -2.31. The molecule has 0 fully saturated rings. The summed E-state index contributed by atoms with van der Waals surface area (Å²) in [6.07, 6.45) is 0.685. The number of benzene rings is 2. The third kappa shape index (κ3) is 3.28. The average molecular weight is 253 g/mol. The van der Waals surface area contributed by atoms with Crippen molar-refractivity contribution >= 4 is 12.2 Å². The second kappa shape index (κ2) is 6.50. The molecule has 0 atom stereocenters. The Bertz CT molecular complexity index is 498. The van der Waals surface area contributed by atoms with Crippen LogP contribution in [-0.2, 0) is 9.59 Å². The Hall–Kier alpha value is -2.42. The van der Waals surface area contributed by atoms with Crippen molar-refractivity contribution < 1.29 is 9.59 Å². The predicted octanol–water partition coefficient (Wildman–Crippen LogP) is 2.13. The minimum absolute atomic E-state index is 0.0367. The first-order valence-corrected chi connectivity index (χ1v) is 6.14. The molecule has 0 aliphatic rings. The van der Waals surface area contributed by atoms with Crippen LogP contribution in [0.2, 0.25) is 0 Å². The maximum absolute atomic E-state index is 12.2. The Morgan fingerprint density at radius 3 is 1.84 bits per heavy atom. The molecule has 0 aromatic heterocycles. The van der Waals surface area contributed by atoms with Crippen molar-refractivity contribution in [3.05, 3.63) is 71.8 Å². The molecule has 3 nitrogen and oxygen atoms in total. The number of rotatable bonds is 5. The molecule has 19 heavy (non-hydrogen) atoms. The summed E-state index contributed by atoms with van der Waals surface area (Å²) in [6.45, 7) is 0.0367. The zero-order valence-corrected chi connectivity index (χ0v) is 10.5. The third-order valence-corrected chi connectivity index (χ3v) is 2.89. The molecule has 3 heteroatoms. The third-order valence-electron chi connectivity index (χ3n) is 2.89. The van der Waals surface area contributed by atoms with Crippen LogP contribution in [0.1, 0.15) is 17.0 Å². The number of amides is 1. The number of aldehydes is 1. The van der Waals surface area contributed by atoms with Gasteiger partial charge in [0.2, 0.25) is 5.91 Å². The normalized spacial score (nSPS) is 10.2. The molecule has 2 aromatic carbocycles. The molecule has 1 amide bonds. The van der Waals surface area contributed by atoms with Gasteiger partial charge in [0, 0.05) is 0 Å². The lowest BCUT2D eigenvalue weighted by Gasteiger charge is -2.17. The molecule has 0 bridgehead atoms. The van der Waals surface area contributed by atoms with Gasteiger partial charge in [0.1, 0.15) is 6.29 Å². The van der Waals surface area contributed by atoms with E-state index in [1.807, 2.05) is 60.7 Å². The highest BCUT2D eigenvalue weighted by Gasteiger charge is 2.21. The van der Waals surface area contributed by atoms with Crippen LogP contribution in [0.5, 0.6) is 0 Å². The van der Waals surface area contributed by atoms with Gasteiger partial charge in [-0.3, -0.25) is 4.79 Å². The van der Waals surface area contributed by atoms with E-state index in [-0.39, 0.29) is 18.4 Å². The van der Waals surface area contributed by atoms with E-state index in [0.29, 0.717) is 6.29 Å². The van der Waals surface area contributed by atoms with Gasteiger partial charge in [0.05, 0.1) is 12.5 Å². The minimum Gasteiger partial charge on any atom is -0.348 e. The van der Waals surface area contributed by atoms with Crippen molar-refractivity contribution in [3.8, 4) is 0 Å². The Balaban J connectivity index is 2.34. The summed E-state index contributed by atoms with van der Waals surface area (Å²) < 4.78 is 0. The maximum Gasteiger partial charge on any atom is 0.232 e. The molecule has 0 aliphatic carbocycles. The molecular formula is C16H15NO2. The van der Waals surface area contributed by atoms with Gasteiger partial charge >= 0.3 is 0 Å². The summed E-state index contributed by atoms with van der Waals surface area (Å²) in [6, 6.07) is 19.1. The molecule has 0 aliphatic heterocycles. The Morgan fingerprint density at radius 1 is 0.947 bits per heavy atom. The zero-order valence-electron chi connectivity index (χ0n) is 10.5. The van der Waals surface area contributed by atoms with Gasteiger partial charge < -0.3 is 10.1 Å². The predicted molar refractivity (Wildman–Crippen MR) is 73.8 cm³/mol. The molecular weight excluding hydrogens is 238 g/mol. The molecule has 0 spiro atoms. The van der Waals surface area contributed by atoms with E-state index in [0.717, 1.165) is 11.1 Å². The number of hydrogen-bond acceptors (Lipinski definition) is 2. The topological polar surface area (TPSA) is 46.2 Å². The van der Waals surface area contributed by atoms with Crippen LogP contribution in [0.3, 0.4) is 0 Å². The van der Waals surface area contributed by atoms with Crippen molar-refractivity contribution in [2.24, 2.45) is 0 Å². The summed E-state index contributed by atoms with van der Waals surface area (Å²) in [7, 11) is 0. The SMILES string of the molecule is O=CCNC(=O)C(c1ccccc1)c1ccccc1. The molecule has 0 heterocycles. The van der Waals surface area contributed by atoms with E-state index < -0.39 is 0 Å². The highest BCUT2D eigenvalue weighted by molar-refractivity contribution is 5.88. The van der Waals surface area contributed by atoms with Crippen LogP contribution in [0.25, 0.3) is 0 Å². The van der Waals surface area contributed by atoms with Crippen LogP contribution < -0.4 is 5.32 Å². The summed E-state index contributed by atoms with van der Waals surface area (Å²) in [5.41, 5.74) is 1.83.